The van der Waals surface area contributed by atoms with Crippen molar-refractivity contribution in [1.82, 2.24) is 57.5 Å². The monoisotopic (exact) mass is 1620 g/mol. The van der Waals surface area contributed by atoms with Gasteiger partial charge in [0.2, 0.25) is 0 Å². The van der Waals surface area contributed by atoms with E-state index in [1.807, 2.05) is 146 Å². The molecule has 12 aromatic heterocycles. The first-order valence-corrected chi connectivity index (χ1v) is 39.1. The molecule has 24 rings (SSSR count). The minimum atomic E-state index is 0. The van der Waals surface area contributed by atoms with Crippen molar-refractivity contribution >= 4 is 110 Å². The van der Waals surface area contributed by atoms with Crippen molar-refractivity contribution in [3.63, 3.8) is 0 Å². The van der Waals surface area contributed by atoms with E-state index >= 15 is 0 Å². The van der Waals surface area contributed by atoms with Crippen LogP contribution < -0.4 is 9.47 Å². The Bertz CT molecular complexity index is 7140. The number of nitrogens with zero attached hydrogens (tertiary/aromatic N) is 12. The van der Waals surface area contributed by atoms with Crippen molar-refractivity contribution in [3.05, 3.63) is 389 Å². The number of hydrogen-bond donors (Lipinski definition) is 0. The fourth-order valence-corrected chi connectivity index (χ4v) is 17.1. The molecule has 0 fully saturated rings. The molecule has 0 aliphatic heterocycles. The predicted octanol–water partition coefficient (Wildman–Crippen LogP) is 25.3. The molecule has 15 heteroatoms. The first kappa shape index (κ1) is 70.0. The third-order valence-corrected chi connectivity index (χ3v) is 22.2. The van der Waals surface area contributed by atoms with Crippen molar-refractivity contribution in [1.29, 1.82) is 0 Å². The number of fused-ring (bicyclic) bond motifs is 24. The van der Waals surface area contributed by atoms with Crippen molar-refractivity contribution in [2.75, 3.05) is 0 Å². The first-order chi connectivity index (χ1) is 58.6. The minimum absolute atomic E-state index is 0. The summed E-state index contributed by atoms with van der Waals surface area (Å²) in [5.74, 6) is 2.48. The topological polar surface area (TPSA) is 139 Å². The van der Waals surface area contributed by atoms with Gasteiger partial charge in [-0.1, -0.05) is 301 Å². The zero-order valence-electron chi connectivity index (χ0n) is 63.3. The van der Waals surface area contributed by atoms with Crippen LogP contribution in [0, 0.1) is 12.1 Å². The van der Waals surface area contributed by atoms with E-state index in [1.54, 1.807) is 0 Å². The number of imidazole rings is 4. The number of rotatable bonds is 12. The molecule has 0 spiro atoms. The molecule has 0 radical (unpaired) electrons. The van der Waals surface area contributed by atoms with Gasteiger partial charge in [-0.15, -0.1) is 12.1 Å². The molecule has 24 aromatic rings. The van der Waals surface area contributed by atoms with Gasteiger partial charge in [-0.3, -0.25) is 18.8 Å². The van der Waals surface area contributed by atoms with E-state index in [4.69, 9.17) is 49.3 Å². The SMILES string of the molecule is [Pd+2].[c-]1c(Oc2[c-]c3c(cc2)c2cccnc2n2c(-c4ccccc4)c(-c4ccccc4)nc32)ccc2c1c1nc(-c3ccccc3)c(-c3ccccc3)n1c1ncccc21.c1ccc(-c2nc3c4cc(Oc5ccc6c7cccnc7n7c(-c8ccccc8)c(-c8ccccc8)nc7c6c5)ccc4c4cccnc4n3c2-c2ccccc2)cc1. The van der Waals surface area contributed by atoms with Crippen molar-refractivity contribution in [2.45, 2.75) is 0 Å². The van der Waals surface area contributed by atoms with Crippen LogP contribution in [0.4, 0.5) is 0 Å². The maximum atomic E-state index is 6.82. The van der Waals surface area contributed by atoms with Gasteiger partial charge in [0, 0.05) is 102 Å². The molecule has 0 unspecified atom stereocenters. The molecule has 560 valence electrons. The first-order valence-electron chi connectivity index (χ1n) is 39.1. The van der Waals surface area contributed by atoms with E-state index in [1.165, 1.54) is 0 Å². The van der Waals surface area contributed by atoms with E-state index in [0.29, 0.717) is 23.0 Å². The van der Waals surface area contributed by atoms with Crippen molar-refractivity contribution < 1.29 is 29.9 Å². The molecule has 12 aromatic carbocycles. The normalized spacial score (nSPS) is 11.6. The largest absolute Gasteiger partial charge is 2.00 e. The average molecular weight is 1620 g/mol. The number of hydrogen-bond acceptors (Lipinski definition) is 10. The minimum Gasteiger partial charge on any atom is -0.497 e. The molecule has 0 amide bonds. The smallest absolute Gasteiger partial charge is 0.497 e. The van der Waals surface area contributed by atoms with Crippen LogP contribution >= 0.6 is 0 Å². The Morgan fingerprint density at radius 1 is 0.202 bits per heavy atom. The second-order valence-corrected chi connectivity index (χ2v) is 29.1. The zero-order valence-corrected chi connectivity index (χ0v) is 64.8. The summed E-state index contributed by atoms with van der Waals surface area (Å²) in [6.45, 7) is 0. The van der Waals surface area contributed by atoms with Gasteiger partial charge in [0.25, 0.3) is 0 Å². The van der Waals surface area contributed by atoms with Gasteiger partial charge < -0.3 is 18.3 Å². The van der Waals surface area contributed by atoms with Crippen LogP contribution in [0.3, 0.4) is 0 Å². The second-order valence-electron chi connectivity index (χ2n) is 29.1. The summed E-state index contributed by atoms with van der Waals surface area (Å²) in [5.41, 5.74) is 22.2. The molecule has 0 aliphatic carbocycles. The summed E-state index contributed by atoms with van der Waals surface area (Å²) >= 11 is 0. The summed E-state index contributed by atoms with van der Waals surface area (Å²) in [4.78, 5) is 41.3. The average Bonchev–Trinajstić information content (AvgIpc) is 1.58. The van der Waals surface area contributed by atoms with E-state index in [0.717, 1.165) is 200 Å². The van der Waals surface area contributed by atoms with Gasteiger partial charge in [-0.25, -0.2) is 29.9 Å². The Morgan fingerprint density at radius 2 is 0.454 bits per heavy atom. The molecule has 0 bridgehead atoms. The van der Waals surface area contributed by atoms with Gasteiger partial charge in [0.15, 0.2) is 0 Å². The summed E-state index contributed by atoms with van der Waals surface area (Å²) in [6, 6.07) is 127. The number of aromatic nitrogens is 12. The second kappa shape index (κ2) is 29.0. The van der Waals surface area contributed by atoms with Crippen LogP contribution in [0.2, 0.25) is 0 Å². The van der Waals surface area contributed by atoms with Crippen LogP contribution in [0.5, 0.6) is 23.0 Å². The van der Waals surface area contributed by atoms with Crippen LogP contribution in [0.25, 0.3) is 200 Å². The summed E-state index contributed by atoms with van der Waals surface area (Å²) in [6.07, 6.45) is 7.37. The molecule has 119 heavy (non-hydrogen) atoms. The molecule has 14 nitrogen and oxygen atoms in total. The molecule has 12 heterocycles. The zero-order chi connectivity index (χ0) is 77.7. The van der Waals surface area contributed by atoms with E-state index in [2.05, 4.69) is 260 Å². The van der Waals surface area contributed by atoms with E-state index in [9.17, 15) is 0 Å². The maximum absolute atomic E-state index is 6.82. The third-order valence-electron chi connectivity index (χ3n) is 22.2. The van der Waals surface area contributed by atoms with Crippen LogP contribution in [0.15, 0.2) is 377 Å². The molecule has 0 aliphatic rings. The Morgan fingerprint density at radius 3 is 0.748 bits per heavy atom. The fraction of sp³-hybridized carbons (Fsp3) is 0. The van der Waals surface area contributed by atoms with Gasteiger partial charge in [0.1, 0.15) is 45.4 Å². The van der Waals surface area contributed by atoms with Gasteiger partial charge >= 0.3 is 20.4 Å². The molecular weight excluding hydrogens is 1560 g/mol. The Balaban J connectivity index is 0.000000142. The molecule has 0 saturated carbocycles. The van der Waals surface area contributed by atoms with Crippen LogP contribution in [-0.4, -0.2) is 57.5 Å². The third kappa shape index (κ3) is 11.7. The van der Waals surface area contributed by atoms with Gasteiger partial charge in [-0.05, 0) is 94.3 Å². The predicted molar refractivity (Wildman–Crippen MR) is 473 cm³/mol. The number of pyridine rings is 8. The van der Waals surface area contributed by atoms with E-state index in [-0.39, 0.29) is 20.4 Å². The standard InChI is InChI=1S/C52H32N6O.C52H30N6O.Pd/c2*1-5-15-33(16-6-1)45-47(35-19-9-3-10-20-35)57-49-41(23-13-29-53-49)39-27-25-37(31-43(39)51(57)55-45)59-38-26-28-40-42-24-14-30-54-50(42)58-48(36-21-11-4-12-22-36)46(34-17-7-2-8-18-34)56-52(58)44(40)32-38;/h1-32H;1-30H;/q;-2;+2. The van der Waals surface area contributed by atoms with Crippen molar-refractivity contribution in [2.24, 2.45) is 0 Å². The molecule has 0 saturated heterocycles. The Kier molecular flexibility index (Phi) is 17.1. The maximum Gasteiger partial charge on any atom is 2.00 e. The summed E-state index contributed by atoms with van der Waals surface area (Å²) in [7, 11) is 0. The van der Waals surface area contributed by atoms with Gasteiger partial charge in [0.05, 0.1) is 56.8 Å². The Labute approximate surface area is 694 Å². The molecule has 0 atom stereocenters. The van der Waals surface area contributed by atoms with Crippen molar-refractivity contribution in [3.8, 4) is 113 Å². The number of ether oxygens (including phenoxy) is 2. The quantitative estimate of drug-likeness (QED) is 0.0660. The van der Waals surface area contributed by atoms with E-state index < -0.39 is 0 Å². The molecule has 0 N–H and O–H groups in total. The summed E-state index contributed by atoms with van der Waals surface area (Å²) < 4.78 is 22.3. The Hall–Kier alpha value is -15.7. The molecular formula is C104H62N12O2Pd. The summed E-state index contributed by atoms with van der Waals surface area (Å²) in [5, 5.41) is 11.7. The number of benzene rings is 12. The van der Waals surface area contributed by atoms with Gasteiger partial charge in [-0.2, -0.15) is 0 Å². The van der Waals surface area contributed by atoms with Crippen LogP contribution in [0.1, 0.15) is 0 Å². The fourth-order valence-electron chi connectivity index (χ4n) is 17.1. The van der Waals surface area contributed by atoms with Crippen LogP contribution in [-0.2, 0) is 20.4 Å².